The van der Waals surface area contributed by atoms with Crippen molar-refractivity contribution < 1.29 is 19.2 Å². The lowest BCUT2D eigenvalue weighted by Gasteiger charge is -2.16. The molecule has 1 aliphatic rings. The summed E-state index contributed by atoms with van der Waals surface area (Å²) >= 11 is 0. The highest BCUT2D eigenvalue weighted by atomic mass is 16.5. The van der Waals surface area contributed by atoms with Crippen LogP contribution in [0.4, 0.5) is 0 Å². The molecule has 0 radical (unpaired) electrons. The number of amides is 1. The van der Waals surface area contributed by atoms with Gasteiger partial charge in [0, 0.05) is 12.6 Å². The maximum absolute atomic E-state index is 11.9. The minimum Gasteiger partial charge on any atom is -0.486 e. The summed E-state index contributed by atoms with van der Waals surface area (Å²) in [5.41, 5.74) is 2.99. The fraction of sp³-hybridized carbons (Fsp3) is 0.474. The van der Waals surface area contributed by atoms with Gasteiger partial charge in [0.05, 0.1) is 6.10 Å². The molecule has 6 heteroatoms. The Morgan fingerprint density at radius 1 is 1.32 bits per heavy atom. The first-order chi connectivity index (χ1) is 12.1. The third-order valence-electron chi connectivity index (χ3n) is 4.34. The van der Waals surface area contributed by atoms with Crippen LogP contribution in [-0.4, -0.2) is 28.8 Å². The van der Waals surface area contributed by atoms with Gasteiger partial charge in [0.15, 0.2) is 11.5 Å². The fourth-order valence-electron chi connectivity index (χ4n) is 2.93. The second-order valence-electron chi connectivity index (χ2n) is 6.50. The zero-order chi connectivity index (χ0) is 17.6. The predicted octanol–water partition coefficient (Wildman–Crippen LogP) is 2.63. The molecule has 1 amide bonds. The van der Waals surface area contributed by atoms with Gasteiger partial charge in [-0.15, -0.1) is 0 Å². The van der Waals surface area contributed by atoms with Gasteiger partial charge in [-0.1, -0.05) is 11.2 Å². The summed E-state index contributed by atoms with van der Waals surface area (Å²) in [6.45, 7) is 2.30. The highest BCUT2D eigenvalue weighted by Crippen LogP contribution is 2.25. The third-order valence-corrected chi connectivity index (χ3v) is 4.34. The topological polar surface area (TPSA) is 84.6 Å². The fourth-order valence-corrected chi connectivity index (χ4v) is 2.93. The molecule has 0 unspecified atom stereocenters. The number of hydrogen-bond donors (Lipinski definition) is 2. The average molecular weight is 344 g/mol. The molecular formula is C19H24N2O4. The number of aryl methyl sites for hydroxylation is 2. The second kappa shape index (κ2) is 8.16. The Morgan fingerprint density at radius 3 is 2.92 bits per heavy atom. The number of nitrogens with zero attached hydrogens (tertiary/aromatic N) is 1. The summed E-state index contributed by atoms with van der Waals surface area (Å²) in [4.78, 5) is 11.9. The van der Waals surface area contributed by atoms with E-state index in [-0.39, 0.29) is 18.2 Å². The molecule has 6 nitrogen and oxygen atoms in total. The number of fused-ring (bicyclic) bond motifs is 1. The van der Waals surface area contributed by atoms with Crippen molar-refractivity contribution >= 4 is 5.91 Å². The monoisotopic (exact) mass is 344 g/mol. The Kier molecular flexibility index (Phi) is 5.71. The van der Waals surface area contributed by atoms with Gasteiger partial charge in [-0.3, -0.25) is 4.79 Å². The maximum atomic E-state index is 11.9. The molecule has 0 saturated heterocycles. The van der Waals surface area contributed by atoms with Crippen LogP contribution in [0, 0.1) is 0 Å². The van der Waals surface area contributed by atoms with E-state index in [0.29, 0.717) is 18.7 Å². The van der Waals surface area contributed by atoms with Crippen LogP contribution in [0.5, 0.6) is 5.75 Å². The summed E-state index contributed by atoms with van der Waals surface area (Å²) in [6.07, 6.45) is 4.78. The van der Waals surface area contributed by atoms with Crippen molar-refractivity contribution in [2.75, 3.05) is 6.54 Å². The molecule has 25 heavy (non-hydrogen) atoms. The van der Waals surface area contributed by atoms with Crippen molar-refractivity contribution in [1.29, 1.82) is 0 Å². The standard InChI is InChI=1S/C19H24N2O4/c1-13(22)8-9-20-19(23)18-11-17(25-21-18)12-24-16-7-6-14-4-2-3-5-15(14)10-16/h6-7,10-11,13,22H,2-5,8-9,12H2,1H3,(H,20,23)/t13-/m0/s1. The molecule has 1 atom stereocenters. The van der Waals surface area contributed by atoms with Gasteiger partial charge in [-0.2, -0.15) is 0 Å². The quantitative estimate of drug-likeness (QED) is 0.806. The van der Waals surface area contributed by atoms with E-state index in [4.69, 9.17) is 9.26 Å². The lowest BCUT2D eigenvalue weighted by atomic mass is 9.92. The number of hydrogen-bond acceptors (Lipinski definition) is 5. The molecule has 2 aromatic rings. The number of ether oxygens (including phenoxy) is 1. The van der Waals surface area contributed by atoms with E-state index >= 15 is 0 Å². The van der Waals surface area contributed by atoms with Crippen LogP contribution >= 0.6 is 0 Å². The molecule has 1 aliphatic carbocycles. The van der Waals surface area contributed by atoms with Gasteiger partial charge in [0.2, 0.25) is 0 Å². The first-order valence-corrected chi connectivity index (χ1v) is 8.78. The normalized spacial score (nSPS) is 14.6. The van der Waals surface area contributed by atoms with Crippen molar-refractivity contribution in [2.45, 2.75) is 51.7 Å². The van der Waals surface area contributed by atoms with E-state index < -0.39 is 6.10 Å². The lowest BCUT2D eigenvalue weighted by Crippen LogP contribution is -2.26. The van der Waals surface area contributed by atoms with Gasteiger partial charge in [0.25, 0.3) is 5.91 Å². The van der Waals surface area contributed by atoms with Gasteiger partial charge in [-0.05, 0) is 62.3 Å². The average Bonchev–Trinajstić information content (AvgIpc) is 3.08. The molecule has 0 bridgehead atoms. The molecule has 134 valence electrons. The summed E-state index contributed by atoms with van der Waals surface area (Å²) in [6, 6.07) is 7.78. The van der Waals surface area contributed by atoms with Crippen molar-refractivity contribution in [2.24, 2.45) is 0 Å². The molecule has 3 rings (SSSR count). The molecule has 2 N–H and O–H groups in total. The molecule has 1 aromatic heterocycles. The predicted molar refractivity (Wildman–Crippen MR) is 92.6 cm³/mol. The molecular weight excluding hydrogens is 320 g/mol. The van der Waals surface area contributed by atoms with Gasteiger partial charge >= 0.3 is 0 Å². The Hall–Kier alpha value is -2.34. The third kappa shape index (κ3) is 4.82. The van der Waals surface area contributed by atoms with Crippen LogP contribution in [0.3, 0.4) is 0 Å². The second-order valence-corrected chi connectivity index (χ2v) is 6.50. The number of aliphatic hydroxyl groups excluding tert-OH is 1. The van der Waals surface area contributed by atoms with Crippen molar-refractivity contribution in [1.82, 2.24) is 10.5 Å². The van der Waals surface area contributed by atoms with Crippen molar-refractivity contribution in [3.05, 3.63) is 46.8 Å². The smallest absolute Gasteiger partial charge is 0.273 e. The minimum absolute atomic E-state index is 0.217. The van der Waals surface area contributed by atoms with E-state index in [1.165, 1.54) is 24.0 Å². The molecule has 1 aromatic carbocycles. The number of carbonyl (C=O) groups is 1. The highest BCUT2D eigenvalue weighted by molar-refractivity contribution is 5.92. The van der Waals surface area contributed by atoms with Crippen LogP contribution < -0.4 is 10.1 Å². The Balaban J connectivity index is 1.52. The van der Waals surface area contributed by atoms with Crippen LogP contribution in [0.1, 0.15) is 53.6 Å². The van der Waals surface area contributed by atoms with Crippen LogP contribution in [0.2, 0.25) is 0 Å². The Labute approximate surface area is 147 Å². The van der Waals surface area contributed by atoms with Gasteiger partial charge < -0.3 is 19.7 Å². The van der Waals surface area contributed by atoms with Crippen molar-refractivity contribution in [3.63, 3.8) is 0 Å². The minimum atomic E-state index is -0.446. The number of nitrogens with one attached hydrogen (secondary N) is 1. The lowest BCUT2D eigenvalue weighted by molar-refractivity contribution is 0.0936. The molecule has 0 fully saturated rings. The summed E-state index contributed by atoms with van der Waals surface area (Å²) in [5, 5.41) is 15.6. The molecule has 0 spiro atoms. The molecule has 0 saturated carbocycles. The number of rotatable bonds is 7. The summed E-state index contributed by atoms with van der Waals surface area (Å²) < 4.78 is 10.9. The van der Waals surface area contributed by atoms with E-state index in [9.17, 15) is 9.90 Å². The van der Waals surface area contributed by atoms with E-state index in [1.54, 1.807) is 13.0 Å². The maximum Gasteiger partial charge on any atom is 0.273 e. The largest absolute Gasteiger partial charge is 0.486 e. The Bertz CT molecular complexity index is 724. The number of aliphatic hydroxyl groups is 1. The number of carbonyl (C=O) groups excluding carboxylic acids is 1. The number of aromatic nitrogens is 1. The highest BCUT2D eigenvalue weighted by Gasteiger charge is 2.14. The van der Waals surface area contributed by atoms with Crippen LogP contribution in [0.15, 0.2) is 28.8 Å². The first-order valence-electron chi connectivity index (χ1n) is 8.78. The SMILES string of the molecule is C[C@H](O)CCNC(=O)c1cc(COc2ccc3c(c2)CCCC3)on1. The van der Waals surface area contributed by atoms with E-state index in [1.807, 2.05) is 6.07 Å². The zero-order valence-corrected chi connectivity index (χ0v) is 14.5. The number of benzene rings is 1. The van der Waals surface area contributed by atoms with E-state index in [2.05, 4.69) is 22.6 Å². The summed E-state index contributed by atoms with van der Waals surface area (Å²) in [5.74, 6) is 0.989. The Morgan fingerprint density at radius 2 is 2.12 bits per heavy atom. The summed E-state index contributed by atoms with van der Waals surface area (Å²) in [7, 11) is 0. The van der Waals surface area contributed by atoms with Gasteiger partial charge in [-0.25, -0.2) is 0 Å². The zero-order valence-electron chi connectivity index (χ0n) is 14.5. The molecule has 1 heterocycles. The first kappa shape index (κ1) is 17.5. The van der Waals surface area contributed by atoms with Crippen LogP contribution in [0.25, 0.3) is 0 Å². The van der Waals surface area contributed by atoms with Crippen molar-refractivity contribution in [3.8, 4) is 5.75 Å². The van der Waals surface area contributed by atoms with Crippen LogP contribution in [-0.2, 0) is 19.4 Å². The van der Waals surface area contributed by atoms with E-state index in [0.717, 1.165) is 18.6 Å². The molecule has 0 aliphatic heterocycles. The van der Waals surface area contributed by atoms with Gasteiger partial charge in [0.1, 0.15) is 12.4 Å².